The van der Waals surface area contributed by atoms with Gasteiger partial charge in [-0.05, 0) is 42.5 Å². The van der Waals surface area contributed by atoms with Gasteiger partial charge in [0.15, 0.2) is 0 Å². The Morgan fingerprint density at radius 1 is 1.00 bits per heavy atom. The van der Waals surface area contributed by atoms with Crippen molar-refractivity contribution >= 4 is 11.6 Å². The molecule has 7 heteroatoms. The summed E-state index contributed by atoms with van der Waals surface area (Å²) in [6.07, 6.45) is 0. The highest BCUT2D eigenvalue weighted by Crippen LogP contribution is 2.20. The molecular weight excluding hydrogens is 324 g/mol. The van der Waals surface area contributed by atoms with Crippen LogP contribution in [0.5, 0.6) is 11.5 Å². The first kappa shape index (κ1) is 18.3. The Morgan fingerprint density at radius 2 is 1.64 bits per heavy atom. The van der Waals surface area contributed by atoms with E-state index in [9.17, 15) is 4.79 Å². The number of aliphatic hydroxyl groups is 2. The highest BCUT2D eigenvalue weighted by molar-refractivity contribution is 6.04. The summed E-state index contributed by atoms with van der Waals surface area (Å²) in [4.78, 5) is 12.4. The molecule has 2 rings (SSSR count). The second kappa shape index (κ2) is 9.27. The van der Waals surface area contributed by atoms with Crippen LogP contribution in [0.1, 0.15) is 15.9 Å². The molecule has 0 atom stereocenters. The SMILES string of the molecule is N#Cc1cc(OCCO)cc(C(=O)Nc2ccc(OCCO)cc2)c1. The number of nitrogens with one attached hydrogen (secondary N) is 1. The third-order valence-corrected chi connectivity index (χ3v) is 3.13. The van der Waals surface area contributed by atoms with Gasteiger partial charge in [0.05, 0.1) is 24.8 Å². The van der Waals surface area contributed by atoms with E-state index in [2.05, 4.69) is 5.32 Å². The van der Waals surface area contributed by atoms with Gasteiger partial charge in [-0.2, -0.15) is 5.26 Å². The first-order valence-electron chi connectivity index (χ1n) is 7.60. The zero-order valence-corrected chi connectivity index (χ0v) is 13.4. The van der Waals surface area contributed by atoms with Gasteiger partial charge in [-0.3, -0.25) is 4.79 Å². The largest absolute Gasteiger partial charge is 0.491 e. The molecule has 0 bridgehead atoms. The molecule has 0 heterocycles. The minimum absolute atomic E-state index is 0.0746. The Morgan fingerprint density at radius 3 is 2.24 bits per heavy atom. The minimum atomic E-state index is -0.394. The summed E-state index contributed by atoms with van der Waals surface area (Å²) in [5.41, 5.74) is 1.11. The minimum Gasteiger partial charge on any atom is -0.491 e. The first-order valence-corrected chi connectivity index (χ1v) is 7.60. The summed E-state index contributed by atoms with van der Waals surface area (Å²) in [6.45, 7) is 0.0337. The molecular formula is C18H18N2O5. The molecule has 0 aliphatic rings. The van der Waals surface area contributed by atoms with Crippen molar-refractivity contribution < 1.29 is 24.5 Å². The number of benzene rings is 2. The van der Waals surface area contributed by atoms with E-state index in [1.165, 1.54) is 18.2 Å². The Bertz CT molecular complexity index is 753. The van der Waals surface area contributed by atoms with Gasteiger partial charge in [-0.15, -0.1) is 0 Å². The van der Waals surface area contributed by atoms with Crippen molar-refractivity contribution in [2.45, 2.75) is 0 Å². The van der Waals surface area contributed by atoms with Gasteiger partial charge < -0.3 is 25.0 Å². The van der Waals surface area contributed by atoms with Crippen LogP contribution >= 0.6 is 0 Å². The average molecular weight is 342 g/mol. The molecule has 2 aromatic rings. The normalized spacial score (nSPS) is 9.96. The van der Waals surface area contributed by atoms with Crippen molar-refractivity contribution in [3.05, 3.63) is 53.6 Å². The van der Waals surface area contributed by atoms with Gasteiger partial charge in [0.2, 0.25) is 0 Å². The third-order valence-electron chi connectivity index (χ3n) is 3.13. The lowest BCUT2D eigenvalue weighted by atomic mass is 10.1. The summed E-state index contributed by atoms with van der Waals surface area (Å²) in [5.74, 6) is 0.527. The lowest BCUT2D eigenvalue weighted by Crippen LogP contribution is -2.13. The van der Waals surface area contributed by atoms with Crippen molar-refractivity contribution in [3.8, 4) is 17.6 Å². The van der Waals surface area contributed by atoms with Crippen molar-refractivity contribution in [2.75, 3.05) is 31.7 Å². The summed E-state index contributed by atoms with van der Waals surface area (Å²) in [6, 6.07) is 13.1. The van der Waals surface area contributed by atoms with Gasteiger partial charge in [-0.1, -0.05) is 0 Å². The van der Waals surface area contributed by atoms with E-state index < -0.39 is 5.91 Å². The number of carbonyl (C=O) groups is 1. The molecule has 0 aliphatic carbocycles. The highest BCUT2D eigenvalue weighted by atomic mass is 16.5. The standard InChI is InChI=1S/C18H18N2O5/c19-12-13-9-14(11-17(10-13)25-8-6-22)18(23)20-15-1-3-16(4-2-15)24-7-5-21/h1-4,9-11,21-22H,5-8H2,(H,20,23). The van der Waals surface area contributed by atoms with Crippen LogP contribution in [0.3, 0.4) is 0 Å². The van der Waals surface area contributed by atoms with E-state index in [0.29, 0.717) is 17.2 Å². The number of anilines is 1. The Kier molecular flexibility index (Phi) is 6.77. The lowest BCUT2D eigenvalue weighted by Gasteiger charge is -2.10. The molecule has 0 aliphatic heterocycles. The van der Waals surface area contributed by atoms with Crippen LogP contribution in [0.2, 0.25) is 0 Å². The van der Waals surface area contributed by atoms with E-state index in [1.807, 2.05) is 6.07 Å². The molecule has 3 N–H and O–H groups in total. The molecule has 0 radical (unpaired) electrons. The number of rotatable bonds is 8. The van der Waals surface area contributed by atoms with Crippen LogP contribution in [-0.2, 0) is 0 Å². The Labute approximate surface area is 145 Å². The van der Waals surface area contributed by atoms with E-state index >= 15 is 0 Å². The number of nitrogens with zero attached hydrogens (tertiary/aromatic N) is 1. The zero-order valence-electron chi connectivity index (χ0n) is 13.4. The Balaban J connectivity index is 2.10. The van der Waals surface area contributed by atoms with E-state index in [4.69, 9.17) is 24.9 Å². The number of carbonyl (C=O) groups excluding carboxylic acids is 1. The number of aliphatic hydroxyl groups excluding tert-OH is 2. The van der Waals surface area contributed by atoms with E-state index in [-0.39, 0.29) is 37.6 Å². The highest BCUT2D eigenvalue weighted by Gasteiger charge is 2.10. The summed E-state index contributed by atoms with van der Waals surface area (Å²) < 4.78 is 10.5. The summed E-state index contributed by atoms with van der Waals surface area (Å²) in [5, 5.41) is 29.3. The molecule has 1 amide bonds. The molecule has 0 unspecified atom stereocenters. The maximum absolute atomic E-state index is 12.4. The van der Waals surface area contributed by atoms with Crippen LogP contribution in [0, 0.1) is 11.3 Å². The molecule has 0 aromatic heterocycles. The maximum Gasteiger partial charge on any atom is 0.255 e. The molecule has 0 spiro atoms. The van der Waals surface area contributed by atoms with Crippen molar-refractivity contribution in [2.24, 2.45) is 0 Å². The molecule has 0 saturated carbocycles. The Hall–Kier alpha value is -3.08. The van der Waals surface area contributed by atoms with Crippen LogP contribution in [0.15, 0.2) is 42.5 Å². The van der Waals surface area contributed by atoms with Crippen molar-refractivity contribution in [1.82, 2.24) is 0 Å². The van der Waals surface area contributed by atoms with Gasteiger partial charge in [-0.25, -0.2) is 0 Å². The summed E-state index contributed by atoms with van der Waals surface area (Å²) >= 11 is 0. The van der Waals surface area contributed by atoms with Crippen LogP contribution < -0.4 is 14.8 Å². The fourth-order valence-corrected chi connectivity index (χ4v) is 2.04. The quantitative estimate of drug-likeness (QED) is 0.671. The molecule has 2 aromatic carbocycles. The third kappa shape index (κ3) is 5.49. The summed E-state index contributed by atoms with van der Waals surface area (Å²) in [7, 11) is 0. The van der Waals surface area contributed by atoms with E-state index in [0.717, 1.165) is 0 Å². The predicted molar refractivity (Wildman–Crippen MR) is 90.7 cm³/mol. The molecule has 0 fully saturated rings. The number of hydrogen-bond acceptors (Lipinski definition) is 6. The predicted octanol–water partition coefficient (Wildman–Crippen LogP) is 1.55. The molecule has 130 valence electrons. The topological polar surface area (TPSA) is 112 Å². The number of ether oxygens (including phenoxy) is 2. The second-order valence-electron chi connectivity index (χ2n) is 4.98. The van der Waals surface area contributed by atoms with E-state index in [1.54, 1.807) is 24.3 Å². The number of hydrogen-bond donors (Lipinski definition) is 3. The van der Waals surface area contributed by atoms with Gasteiger partial charge in [0.1, 0.15) is 24.7 Å². The van der Waals surface area contributed by atoms with Crippen molar-refractivity contribution in [3.63, 3.8) is 0 Å². The monoisotopic (exact) mass is 342 g/mol. The van der Waals surface area contributed by atoms with Crippen LogP contribution in [0.25, 0.3) is 0 Å². The van der Waals surface area contributed by atoms with Crippen molar-refractivity contribution in [1.29, 1.82) is 5.26 Å². The smallest absolute Gasteiger partial charge is 0.255 e. The number of amides is 1. The molecule has 7 nitrogen and oxygen atoms in total. The maximum atomic E-state index is 12.4. The lowest BCUT2D eigenvalue weighted by molar-refractivity contribution is 0.102. The van der Waals surface area contributed by atoms with Gasteiger partial charge in [0, 0.05) is 11.3 Å². The van der Waals surface area contributed by atoms with Crippen LogP contribution in [-0.4, -0.2) is 42.5 Å². The molecule has 0 saturated heterocycles. The number of nitriles is 1. The second-order valence-corrected chi connectivity index (χ2v) is 4.98. The van der Waals surface area contributed by atoms with Gasteiger partial charge in [0.25, 0.3) is 5.91 Å². The van der Waals surface area contributed by atoms with Crippen LogP contribution in [0.4, 0.5) is 5.69 Å². The van der Waals surface area contributed by atoms with Gasteiger partial charge >= 0.3 is 0 Å². The zero-order chi connectivity index (χ0) is 18.1. The average Bonchev–Trinajstić information content (AvgIpc) is 2.65. The first-order chi connectivity index (χ1) is 12.2. The fraction of sp³-hybridized carbons (Fsp3) is 0.222. The fourth-order valence-electron chi connectivity index (χ4n) is 2.04. The molecule has 25 heavy (non-hydrogen) atoms.